The van der Waals surface area contributed by atoms with Crippen molar-refractivity contribution in [3.63, 3.8) is 0 Å². The SMILES string of the molecule is Cc1ccc(NC(=O)COC(=O)c2cc3c(s2)CC[C@@H](C)C3)cc1F. The topological polar surface area (TPSA) is 55.4 Å². The summed E-state index contributed by atoms with van der Waals surface area (Å²) in [5.41, 5.74) is 2.06. The van der Waals surface area contributed by atoms with E-state index in [0.717, 1.165) is 19.3 Å². The van der Waals surface area contributed by atoms with Crippen LogP contribution in [0.2, 0.25) is 0 Å². The first-order valence-electron chi connectivity index (χ1n) is 8.27. The summed E-state index contributed by atoms with van der Waals surface area (Å²) in [5.74, 6) is -0.747. The van der Waals surface area contributed by atoms with Crippen LogP contribution in [0.3, 0.4) is 0 Å². The summed E-state index contributed by atoms with van der Waals surface area (Å²) >= 11 is 1.45. The summed E-state index contributed by atoms with van der Waals surface area (Å²) in [7, 11) is 0. The van der Waals surface area contributed by atoms with Crippen LogP contribution in [0.25, 0.3) is 0 Å². The highest BCUT2D eigenvalue weighted by atomic mass is 32.1. The van der Waals surface area contributed by atoms with E-state index in [2.05, 4.69) is 12.2 Å². The Bertz CT molecular complexity index is 815. The maximum absolute atomic E-state index is 13.5. The second kappa shape index (κ2) is 7.35. The Morgan fingerprint density at radius 2 is 2.16 bits per heavy atom. The van der Waals surface area contributed by atoms with Crippen LogP contribution >= 0.6 is 11.3 Å². The number of rotatable bonds is 4. The molecule has 4 nitrogen and oxygen atoms in total. The number of hydrogen-bond donors (Lipinski definition) is 1. The molecule has 1 aliphatic rings. The molecule has 0 saturated carbocycles. The van der Waals surface area contributed by atoms with Crippen LogP contribution in [0.4, 0.5) is 10.1 Å². The van der Waals surface area contributed by atoms with E-state index in [-0.39, 0.29) is 0 Å². The fourth-order valence-corrected chi connectivity index (χ4v) is 3.98. The van der Waals surface area contributed by atoms with Crippen molar-refractivity contribution >= 4 is 28.9 Å². The number of thiophene rings is 1. The molecular weight excluding hydrogens is 341 g/mol. The van der Waals surface area contributed by atoms with Crippen molar-refractivity contribution in [3.8, 4) is 0 Å². The van der Waals surface area contributed by atoms with E-state index in [1.54, 1.807) is 19.1 Å². The Morgan fingerprint density at radius 1 is 1.36 bits per heavy atom. The van der Waals surface area contributed by atoms with Gasteiger partial charge in [0.2, 0.25) is 0 Å². The molecule has 0 bridgehead atoms. The molecule has 1 aromatic carbocycles. The molecule has 0 aliphatic heterocycles. The van der Waals surface area contributed by atoms with Crippen molar-refractivity contribution in [2.75, 3.05) is 11.9 Å². The maximum atomic E-state index is 13.5. The fraction of sp³-hybridized carbons (Fsp3) is 0.368. The predicted octanol–water partition coefficient (Wildman–Crippen LogP) is 4.12. The third-order valence-corrected chi connectivity index (χ3v) is 5.54. The Hall–Kier alpha value is -2.21. The molecular formula is C19H20FNO3S. The van der Waals surface area contributed by atoms with Gasteiger partial charge < -0.3 is 10.1 Å². The number of anilines is 1. The Balaban J connectivity index is 1.55. The van der Waals surface area contributed by atoms with Gasteiger partial charge in [0.05, 0.1) is 0 Å². The number of ether oxygens (including phenoxy) is 1. The molecule has 1 amide bonds. The highest BCUT2D eigenvalue weighted by Gasteiger charge is 2.21. The third-order valence-electron chi connectivity index (χ3n) is 4.32. The van der Waals surface area contributed by atoms with E-state index < -0.39 is 24.3 Å². The number of carbonyl (C=O) groups excluding carboxylic acids is 2. The summed E-state index contributed by atoms with van der Waals surface area (Å²) in [4.78, 5) is 25.8. The van der Waals surface area contributed by atoms with Gasteiger partial charge in [-0.2, -0.15) is 0 Å². The molecule has 3 rings (SSSR count). The number of fused-ring (bicyclic) bond motifs is 1. The monoisotopic (exact) mass is 361 g/mol. The van der Waals surface area contributed by atoms with Crippen LogP contribution in [0.5, 0.6) is 0 Å². The molecule has 1 N–H and O–H groups in total. The van der Waals surface area contributed by atoms with Crippen molar-refractivity contribution < 1.29 is 18.7 Å². The van der Waals surface area contributed by atoms with Crippen LogP contribution in [-0.4, -0.2) is 18.5 Å². The normalized spacial score (nSPS) is 16.2. The molecule has 0 spiro atoms. The standard InChI is InChI=1S/C19H20FNO3S/c1-11-3-6-16-13(7-11)8-17(25-16)19(23)24-10-18(22)21-14-5-4-12(2)15(20)9-14/h4-5,8-9,11H,3,6-7,10H2,1-2H3,(H,21,22)/t11-/m1/s1. The van der Waals surface area contributed by atoms with Crippen LogP contribution in [0.1, 0.15) is 39.0 Å². The van der Waals surface area contributed by atoms with Crippen molar-refractivity contribution in [2.45, 2.75) is 33.1 Å². The van der Waals surface area contributed by atoms with Crippen molar-refractivity contribution in [2.24, 2.45) is 5.92 Å². The zero-order valence-corrected chi connectivity index (χ0v) is 15.0. The minimum Gasteiger partial charge on any atom is -0.451 e. The lowest BCUT2D eigenvalue weighted by molar-refractivity contribution is -0.119. The molecule has 132 valence electrons. The van der Waals surface area contributed by atoms with E-state index in [9.17, 15) is 14.0 Å². The highest BCUT2D eigenvalue weighted by molar-refractivity contribution is 7.14. The molecule has 0 radical (unpaired) electrons. The van der Waals surface area contributed by atoms with Gasteiger partial charge in [-0.25, -0.2) is 9.18 Å². The molecule has 2 aromatic rings. The predicted molar refractivity (Wildman–Crippen MR) is 95.6 cm³/mol. The Morgan fingerprint density at radius 3 is 2.92 bits per heavy atom. The average Bonchev–Trinajstić information content (AvgIpc) is 2.99. The number of nitrogens with one attached hydrogen (secondary N) is 1. The van der Waals surface area contributed by atoms with Gasteiger partial charge in [0.1, 0.15) is 10.7 Å². The van der Waals surface area contributed by atoms with Crippen LogP contribution in [0.15, 0.2) is 24.3 Å². The summed E-state index contributed by atoms with van der Waals surface area (Å²) in [5, 5.41) is 2.52. The Kier molecular flexibility index (Phi) is 5.18. The minimum absolute atomic E-state index is 0.338. The second-order valence-corrected chi connectivity index (χ2v) is 7.63. The molecule has 0 saturated heterocycles. The van der Waals surface area contributed by atoms with E-state index in [1.165, 1.54) is 27.8 Å². The molecule has 1 heterocycles. The summed E-state index contributed by atoms with van der Waals surface area (Å²) in [6.07, 6.45) is 3.12. The van der Waals surface area contributed by atoms with Crippen LogP contribution in [-0.2, 0) is 22.4 Å². The second-order valence-electron chi connectivity index (χ2n) is 6.50. The third kappa shape index (κ3) is 4.25. The lowest BCUT2D eigenvalue weighted by Gasteiger charge is -2.16. The van der Waals surface area contributed by atoms with E-state index in [0.29, 0.717) is 22.0 Å². The first-order valence-corrected chi connectivity index (χ1v) is 9.08. The number of aryl methyl sites for hydroxylation is 2. The minimum atomic E-state index is -0.494. The van der Waals surface area contributed by atoms with Gasteiger partial charge in [-0.05, 0) is 61.4 Å². The average molecular weight is 361 g/mol. The quantitative estimate of drug-likeness (QED) is 0.834. The molecule has 0 unspecified atom stereocenters. The van der Waals surface area contributed by atoms with Crippen molar-refractivity contribution in [3.05, 3.63) is 51.0 Å². The number of esters is 1. The molecule has 1 atom stereocenters. The number of carbonyl (C=O) groups is 2. The van der Waals surface area contributed by atoms with E-state index in [4.69, 9.17) is 4.74 Å². The van der Waals surface area contributed by atoms with E-state index in [1.807, 2.05) is 6.07 Å². The van der Waals surface area contributed by atoms with Gasteiger partial charge in [-0.15, -0.1) is 11.3 Å². The molecule has 25 heavy (non-hydrogen) atoms. The zero-order valence-electron chi connectivity index (χ0n) is 14.2. The molecule has 1 aliphatic carbocycles. The lowest BCUT2D eigenvalue weighted by Crippen LogP contribution is -2.20. The van der Waals surface area contributed by atoms with Gasteiger partial charge in [0.25, 0.3) is 5.91 Å². The van der Waals surface area contributed by atoms with Gasteiger partial charge in [-0.1, -0.05) is 13.0 Å². The maximum Gasteiger partial charge on any atom is 0.348 e. The fourth-order valence-electron chi connectivity index (χ4n) is 2.88. The number of benzene rings is 1. The Labute approximate surface area is 150 Å². The van der Waals surface area contributed by atoms with Gasteiger partial charge >= 0.3 is 5.97 Å². The van der Waals surface area contributed by atoms with Gasteiger partial charge in [-0.3, -0.25) is 4.79 Å². The summed E-state index contributed by atoms with van der Waals surface area (Å²) < 4.78 is 18.6. The lowest BCUT2D eigenvalue weighted by atomic mass is 9.90. The molecule has 1 aromatic heterocycles. The summed E-state index contributed by atoms with van der Waals surface area (Å²) in [6.45, 7) is 3.45. The first-order chi connectivity index (χ1) is 11.9. The van der Waals surface area contributed by atoms with E-state index >= 15 is 0 Å². The molecule has 6 heteroatoms. The smallest absolute Gasteiger partial charge is 0.348 e. The number of hydrogen-bond acceptors (Lipinski definition) is 4. The van der Waals surface area contributed by atoms with Crippen LogP contribution < -0.4 is 5.32 Å². The summed E-state index contributed by atoms with van der Waals surface area (Å²) in [6, 6.07) is 6.30. The zero-order chi connectivity index (χ0) is 18.0. The number of amides is 1. The highest BCUT2D eigenvalue weighted by Crippen LogP contribution is 2.32. The number of halogens is 1. The van der Waals surface area contributed by atoms with Gasteiger partial charge in [0.15, 0.2) is 6.61 Å². The van der Waals surface area contributed by atoms with Crippen LogP contribution in [0, 0.1) is 18.7 Å². The van der Waals surface area contributed by atoms with Gasteiger partial charge in [0, 0.05) is 10.6 Å². The van der Waals surface area contributed by atoms with Crippen molar-refractivity contribution in [1.82, 2.24) is 0 Å². The molecule has 0 fully saturated rings. The first kappa shape index (κ1) is 17.6. The van der Waals surface area contributed by atoms with Crippen molar-refractivity contribution in [1.29, 1.82) is 0 Å². The largest absolute Gasteiger partial charge is 0.451 e.